The minimum absolute atomic E-state index is 0.237. The van der Waals surface area contributed by atoms with E-state index in [9.17, 15) is 4.39 Å². The van der Waals surface area contributed by atoms with Crippen molar-refractivity contribution in [1.82, 2.24) is 0 Å². The zero-order chi connectivity index (χ0) is 12.4. The summed E-state index contributed by atoms with van der Waals surface area (Å²) in [5.41, 5.74) is 5.89. The molecule has 2 nitrogen and oxygen atoms in total. The van der Waals surface area contributed by atoms with Crippen LogP contribution >= 0.6 is 27.5 Å². The van der Waals surface area contributed by atoms with Crippen molar-refractivity contribution in [2.24, 2.45) is 0 Å². The molecule has 0 aliphatic heterocycles. The highest BCUT2D eigenvalue weighted by molar-refractivity contribution is 9.10. The molecular weight excluding hydrogens is 308 g/mol. The van der Waals surface area contributed by atoms with Crippen molar-refractivity contribution in [2.75, 3.05) is 5.73 Å². The second-order valence-corrected chi connectivity index (χ2v) is 4.65. The molecule has 17 heavy (non-hydrogen) atoms. The van der Waals surface area contributed by atoms with Crippen molar-refractivity contribution in [3.63, 3.8) is 0 Å². The molecule has 0 saturated heterocycles. The molecule has 0 amide bonds. The first-order valence-corrected chi connectivity index (χ1v) is 5.91. The number of ether oxygens (including phenoxy) is 1. The Hall–Kier alpha value is -1.26. The average molecular weight is 317 g/mol. The SMILES string of the molecule is Nc1cc(F)c(Br)cc1Oc1ccc(Cl)cc1. The molecule has 0 aliphatic rings. The third kappa shape index (κ3) is 2.90. The van der Waals surface area contributed by atoms with Gasteiger partial charge in [-0.1, -0.05) is 11.6 Å². The van der Waals surface area contributed by atoms with Crippen LogP contribution in [0.25, 0.3) is 0 Å². The standard InChI is InChI=1S/C12H8BrClFNO/c13-9-5-12(11(16)6-10(9)15)17-8-3-1-7(14)2-4-8/h1-6H,16H2. The van der Waals surface area contributed by atoms with Gasteiger partial charge in [0.25, 0.3) is 0 Å². The number of rotatable bonds is 2. The minimum atomic E-state index is -0.425. The molecule has 0 spiro atoms. The number of hydrogen-bond donors (Lipinski definition) is 1. The van der Waals surface area contributed by atoms with Crippen LogP contribution in [0.3, 0.4) is 0 Å². The van der Waals surface area contributed by atoms with Crippen LogP contribution < -0.4 is 10.5 Å². The molecule has 0 bridgehead atoms. The van der Waals surface area contributed by atoms with Crippen molar-refractivity contribution in [2.45, 2.75) is 0 Å². The molecule has 0 atom stereocenters. The normalized spacial score (nSPS) is 10.3. The Kier molecular flexibility index (Phi) is 3.54. The van der Waals surface area contributed by atoms with Crippen LogP contribution in [0.5, 0.6) is 11.5 Å². The van der Waals surface area contributed by atoms with Crippen molar-refractivity contribution in [1.29, 1.82) is 0 Å². The molecule has 0 aromatic heterocycles. The van der Waals surface area contributed by atoms with Gasteiger partial charge in [0.05, 0.1) is 10.2 Å². The van der Waals surface area contributed by atoms with Crippen molar-refractivity contribution < 1.29 is 9.13 Å². The van der Waals surface area contributed by atoms with E-state index in [1.807, 2.05) is 0 Å². The van der Waals surface area contributed by atoms with Gasteiger partial charge in [-0.25, -0.2) is 4.39 Å². The van der Waals surface area contributed by atoms with E-state index in [2.05, 4.69) is 15.9 Å². The molecule has 0 fully saturated rings. The number of hydrogen-bond acceptors (Lipinski definition) is 2. The maximum absolute atomic E-state index is 13.2. The molecular formula is C12H8BrClFNO. The molecule has 0 saturated carbocycles. The molecule has 0 radical (unpaired) electrons. The Balaban J connectivity index is 2.30. The number of halogens is 3. The highest BCUT2D eigenvalue weighted by atomic mass is 79.9. The van der Waals surface area contributed by atoms with Gasteiger partial charge in [-0.05, 0) is 40.2 Å². The summed E-state index contributed by atoms with van der Waals surface area (Å²) in [7, 11) is 0. The van der Waals surface area contributed by atoms with E-state index in [4.69, 9.17) is 22.1 Å². The zero-order valence-electron chi connectivity index (χ0n) is 8.58. The summed E-state index contributed by atoms with van der Waals surface area (Å²) in [4.78, 5) is 0. The van der Waals surface area contributed by atoms with Crippen molar-refractivity contribution in [3.05, 3.63) is 51.7 Å². The van der Waals surface area contributed by atoms with Crippen LogP contribution in [0.15, 0.2) is 40.9 Å². The maximum Gasteiger partial charge on any atom is 0.151 e. The first-order valence-electron chi connectivity index (χ1n) is 4.74. The van der Waals surface area contributed by atoms with Crippen molar-refractivity contribution >= 4 is 33.2 Å². The fourth-order valence-electron chi connectivity index (χ4n) is 1.26. The lowest BCUT2D eigenvalue weighted by atomic mass is 10.3. The van der Waals surface area contributed by atoms with Crippen LogP contribution in [0, 0.1) is 5.82 Å². The summed E-state index contributed by atoms with van der Waals surface area (Å²) in [6.45, 7) is 0. The molecule has 0 unspecified atom stereocenters. The van der Waals surface area contributed by atoms with E-state index in [0.717, 1.165) is 0 Å². The van der Waals surface area contributed by atoms with Crippen LogP contribution in [-0.4, -0.2) is 0 Å². The summed E-state index contributed by atoms with van der Waals surface area (Å²) in [5.74, 6) is 0.547. The summed E-state index contributed by atoms with van der Waals surface area (Å²) in [6, 6.07) is 9.50. The third-order valence-corrected chi connectivity index (χ3v) is 2.95. The third-order valence-electron chi connectivity index (χ3n) is 2.09. The van der Waals surface area contributed by atoms with Gasteiger partial charge >= 0.3 is 0 Å². The van der Waals surface area contributed by atoms with Gasteiger partial charge in [0.2, 0.25) is 0 Å². The lowest BCUT2D eigenvalue weighted by Gasteiger charge is -2.09. The first kappa shape index (κ1) is 12.2. The summed E-state index contributed by atoms with van der Waals surface area (Å²) >= 11 is 8.83. The molecule has 5 heteroatoms. The fraction of sp³-hybridized carbons (Fsp3) is 0. The molecule has 0 heterocycles. The predicted octanol–water partition coefficient (Wildman–Crippen LogP) is 4.62. The van der Waals surface area contributed by atoms with E-state index in [-0.39, 0.29) is 5.69 Å². The van der Waals surface area contributed by atoms with Gasteiger partial charge in [-0.15, -0.1) is 0 Å². The second-order valence-electron chi connectivity index (χ2n) is 3.36. The lowest BCUT2D eigenvalue weighted by Crippen LogP contribution is -1.93. The number of nitrogens with two attached hydrogens (primary N) is 1. The van der Waals surface area contributed by atoms with Gasteiger partial charge in [0, 0.05) is 17.2 Å². The average Bonchev–Trinajstić information content (AvgIpc) is 2.29. The fourth-order valence-corrected chi connectivity index (χ4v) is 1.71. The first-order chi connectivity index (χ1) is 8.06. The predicted molar refractivity (Wildman–Crippen MR) is 70.0 cm³/mol. The van der Waals surface area contributed by atoms with Gasteiger partial charge in [0.15, 0.2) is 5.75 Å². The van der Waals surface area contributed by atoms with E-state index in [0.29, 0.717) is 21.0 Å². The highest BCUT2D eigenvalue weighted by Gasteiger charge is 2.07. The van der Waals surface area contributed by atoms with Gasteiger partial charge < -0.3 is 10.5 Å². The monoisotopic (exact) mass is 315 g/mol. The molecule has 2 rings (SSSR count). The Bertz CT molecular complexity index is 545. The Morgan fingerprint density at radius 3 is 2.47 bits per heavy atom. The van der Waals surface area contributed by atoms with Crippen LogP contribution in [0.4, 0.5) is 10.1 Å². The Morgan fingerprint density at radius 1 is 1.18 bits per heavy atom. The lowest BCUT2D eigenvalue weighted by molar-refractivity contribution is 0.482. The largest absolute Gasteiger partial charge is 0.455 e. The van der Waals surface area contributed by atoms with Crippen molar-refractivity contribution in [3.8, 4) is 11.5 Å². The maximum atomic E-state index is 13.2. The molecule has 0 aliphatic carbocycles. The quantitative estimate of drug-likeness (QED) is 0.821. The molecule has 2 N–H and O–H groups in total. The molecule has 88 valence electrons. The van der Waals surface area contributed by atoms with Gasteiger partial charge in [0.1, 0.15) is 11.6 Å². The van der Waals surface area contributed by atoms with Crippen LogP contribution in [0.2, 0.25) is 5.02 Å². The molecule has 2 aromatic carbocycles. The summed E-state index contributed by atoms with van der Waals surface area (Å²) < 4.78 is 19.0. The van der Waals surface area contributed by atoms with E-state index >= 15 is 0 Å². The topological polar surface area (TPSA) is 35.2 Å². The number of benzene rings is 2. The number of anilines is 1. The zero-order valence-corrected chi connectivity index (χ0v) is 10.9. The highest BCUT2D eigenvalue weighted by Crippen LogP contribution is 2.32. The van der Waals surface area contributed by atoms with E-state index in [1.165, 1.54) is 12.1 Å². The molecule has 2 aromatic rings. The summed E-state index contributed by atoms with van der Waals surface area (Å²) in [6.07, 6.45) is 0. The smallest absolute Gasteiger partial charge is 0.151 e. The van der Waals surface area contributed by atoms with Gasteiger partial charge in [-0.3, -0.25) is 0 Å². The van der Waals surface area contributed by atoms with E-state index in [1.54, 1.807) is 24.3 Å². The summed E-state index contributed by atoms with van der Waals surface area (Å²) in [5, 5.41) is 0.616. The number of nitrogen functional groups attached to an aromatic ring is 1. The minimum Gasteiger partial charge on any atom is -0.455 e. The second kappa shape index (κ2) is 4.94. The van der Waals surface area contributed by atoms with Crippen LogP contribution in [0.1, 0.15) is 0 Å². The van der Waals surface area contributed by atoms with E-state index < -0.39 is 5.82 Å². The van der Waals surface area contributed by atoms with Gasteiger partial charge in [-0.2, -0.15) is 0 Å². The van der Waals surface area contributed by atoms with Crippen LogP contribution in [-0.2, 0) is 0 Å². The Morgan fingerprint density at radius 2 is 1.82 bits per heavy atom. The Labute approximate surface area is 111 Å².